The first-order valence-corrected chi connectivity index (χ1v) is 6.04. The molecule has 0 amide bonds. The number of aromatic amines is 2. The number of nitrogens with zero attached hydrogens (tertiary/aromatic N) is 1. The second kappa shape index (κ2) is 3.63. The van der Waals surface area contributed by atoms with Crippen LogP contribution in [0.2, 0.25) is 0 Å². The van der Waals surface area contributed by atoms with E-state index in [0.717, 1.165) is 32.3 Å². The van der Waals surface area contributed by atoms with Gasteiger partial charge in [0.2, 0.25) is 0 Å². The van der Waals surface area contributed by atoms with Crippen LogP contribution in [0.25, 0.3) is 22.2 Å². The van der Waals surface area contributed by atoms with Crippen molar-refractivity contribution >= 4 is 32.7 Å². The molecule has 0 saturated carbocycles. The molecular formula is C12H11BrN4. The van der Waals surface area contributed by atoms with E-state index in [0.29, 0.717) is 5.82 Å². The van der Waals surface area contributed by atoms with Crippen LogP contribution >= 0.6 is 15.9 Å². The fourth-order valence-corrected chi connectivity index (χ4v) is 2.70. The molecule has 3 aromatic rings. The van der Waals surface area contributed by atoms with Crippen LogP contribution in [0, 0.1) is 6.92 Å². The molecule has 0 aliphatic heterocycles. The first-order chi connectivity index (χ1) is 8.16. The van der Waals surface area contributed by atoms with E-state index in [1.54, 1.807) is 0 Å². The number of hydrogen-bond donors (Lipinski definition) is 3. The van der Waals surface area contributed by atoms with Crippen molar-refractivity contribution in [3.8, 4) is 11.3 Å². The highest BCUT2D eigenvalue weighted by Gasteiger charge is 2.14. The van der Waals surface area contributed by atoms with Crippen LogP contribution in [0.1, 0.15) is 5.69 Å². The topological polar surface area (TPSA) is 70.5 Å². The lowest BCUT2D eigenvalue weighted by molar-refractivity contribution is 1.10. The zero-order valence-electron chi connectivity index (χ0n) is 9.21. The standard InChI is InChI=1S/C12H11BrN4/c1-6-11(9-5-10(14)17-16-9)12-7(13)3-2-4-8(12)15-6/h2-5,15H,1H3,(H3,14,16,17). The van der Waals surface area contributed by atoms with Gasteiger partial charge >= 0.3 is 0 Å². The third kappa shape index (κ3) is 1.54. The average Bonchev–Trinajstić information content (AvgIpc) is 2.82. The van der Waals surface area contributed by atoms with Crippen LogP contribution in [0.4, 0.5) is 5.82 Å². The molecule has 86 valence electrons. The van der Waals surface area contributed by atoms with Crippen LogP contribution < -0.4 is 5.73 Å². The van der Waals surface area contributed by atoms with E-state index in [1.807, 2.05) is 25.1 Å². The number of anilines is 1. The Morgan fingerprint density at radius 2 is 2.18 bits per heavy atom. The maximum absolute atomic E-state index is 5.65. The minimum atomic E-state index is 0.501. The molecule has 3 rings (SSSR count). The second-order valence-electron chi connectivity index (χ2n) is 3.99. The third-order valence-corrected chi connectivity index (χ3v) is 3.49. The molecule has 17 heavy (non-hydrogen) atoms. The normalized spacial score (nSPS) is 11.2. The fraction of sp³-hybridized carbons (Fsp3) is 0.0833. The van der Waals surface area contributed by atoms with Crippen molar-refractivity contribution in [3.05, 3.63) is 34.4 Å². The van der Waals surface area contributed by atoms with Crippen molar-refractivity contribution < 1.29 is 0 Å². The molecule has 0 fully saturated rings. The molecule has 0 saturated heterocycles. The molecule has 0 aliphatic rings. The van der Waals surface area contributed by atoms with Crippen molar-refractivity contribution in [1.29, 1.82) is 0 Å². The SMILES string of the molecule is Cc1[nH]c2cccc(Br)c2c1-c1cc(N)n[nH]1. The Hall–Kier alpha value is -1.75. The molecule has 1 aromatic carbocycles. The Labute approximate surface area is 106 Å². The third-order valence-electron chi connectivity index (χ3n) is 2.83. The van der Waals surface area contributed by atoms with E-state index in [2.05, 4.69) is 37.2 Å². The maximum Gasteiger partial charge on any atom is 0.145 e. The first kappa shape index (κ1) is 10.4. The minimum Gasteiger partial charge on any atom is -0.382 e. The maximum atomic E-state index is 5.65. The van der Waals surface area contributed by atoms with Crippen molar-refractivity contribution in [2.24, 2.45) is 0 Å². The van der Waals surface area contributed by atoms with Gasteiger partial charge in [-0.2, -0.15) is 5.10 Å². The lowest BCUT2D eigenvalue weighted by Crippen LogP contribution is -1.81. The summed E-state index contributed by atoms with van der Waals surface area (Å²) in [5, 5.41) is 8.07. The summed E-state index contributed by atoms with van der Waals surface area (Å²) in [5.41, 5.74) is 9.88. The van der Waals surface area contributed by atoms with Crippen LogP contribution in [-0.2, 0) is 0 Å². The van der Waals surface area contributed by atoms with Gasteiger partial charge in [-0.3, -0.25) is 5.10 Å². The summed E-state index contributed by atoms with van der Waals surface area (Å²) in [4.78, 5) is 3.36. The number of fused-ring (bicyclic) bond motifs is 1. The largest absolute Gasteiger partial charge is 0.382 e. The summed E-state index contributed by atoms with van der Waals surface area (Å²) >= 11 is 3.58. The van der Waals surface area contributed by atoms with Crippen molar-refractivity contribution in [2.45, 2.75) is 6.92 Å². The molecule has 0 unspecified atom stereocenters. The summed E-state index contributed by atoms with van der Waals surface area (Å²) in [5.74, 6) is 0.501. The Kier molecular flexibility index (Phi) is 2.22. The second-order valence-corrected chi connectivity index (χ2v) is 4.85. The summed E-state index contributed by atoms with van der Waals surface area (Å²) in [6.45, 7) is 2.04. The van der Waals surface area contributed by atoms with Crippen molar-refractivity contribution in [3.63, 3.8) is 0 Å². The van der Waals surface area contributed by atoms with Gasteiger partial charge in [0.25, 0.3) is 0 Å². The molecule has 0 aliphatic carbocycles. The molecule has 0 bridgehead atoms. The van der Waals surface area contributed by atoms with Gasteiger partial charge in [-0.15, -0.1) is 0 Å². The van der Waals surface area contributed by atoms with Gasteiger partial charge in [-0.1, -0.05) is 22.0 Å². The molecule has 0 radical (unpaired) electrons. The van der Waals surface area contributed by atoms with E-state index < -0.39 is 0 Å². The summed E-state index contributed by atoms with van der Waals surface area (Å²) in [6, 6.07) is 7.93. The number of nitrogen functional groups attached to an aromatic ring is 1. The number of rotatable bonds is 1. The molecule has 0 spiro atoms. The van der Waals surface area contributed by atoms with Crippen molar-refractivity contribution in [1.82, 2.24) is 15.2 Å². The highest BCUT2D eigenvalue weighted by Crippen LogP contribution is 2.36. The first-order valence-electron chi connectivity index (χ1n) is 5.25. The van der Waals surface area contributed by atoms with Crippen LogP contribution in [0.5, 0.6) is 0 Å². The monoisotopic (exact) mass is 290 g/mol. The number of hydrogen-bond acceptors (Lipinski definition) is 2. The Balaban J connectivity index is 2.39. The zero-order chi connectivity index (χ0) is 12.0. The molecule has 2 aromatic heterocycles. The Morgan fingerprint density at radius 1 is 1.35 bits per heavy atom. The Bertz CT molecular complexity index is 696. The molecule has 0 atom stereocenters. The van der Waals surface area contributed by atoms with Gasteiger partial charge in [0.1, 0.15) is 5.82 Å². The number of benzene rings is 1. The molecule has 2 heterocycles. The predicted octanol–water partition coefficient (Wildman–Crippen LogP) is 3.21. The summed E-state index contributed by atoms with van der Waals surface area (Å²) in [6.07, 6.45) is 0. The van der Waals surface area contributed by atoms with Crippen molar-refractivity contribution in [2.75, 3.05) is 5.73 Å². The van der Waals surface area contributed by atoms with Crippen LogP contribution in [0.15, 0.2) is 28.7 Å². The molecule has 4 N–H and O–H groups in total. The average molecular weight is 291 g/mol. The van der Waals surface area contributed by atoms with E-state index in [-0.39, 0.29) is 0 Å². The van der Waals surface area contributed by atoms with E-state index in [9.17, 15) is 0 Å². The minimum absolute atomic E-state index is 0.501. The number of nitrogens with two attached hydrogens (primary N) is 1. The number of nitrogens with one attached hydrogen (secondary N) is 2. The van der Waals surface area contributed by atoms with E-state index in [1.165, 1.54) is 0 Å². The number of aryl methyl sites for hydroxylation is 1. The van der Waals surface area contributed by atoms with Gasteiger partial charge in [-0.05, 0) is 19.1 Å². The smallest absolute Gasteiger partial charge is 0.145 e. The van der Waals surface area contributed by atoms with Crippen LogP contribution in [-0.4, -0.2) is 15.2 Å². The summed E-state index contributed by atoms with van der Waals surface area (Å²) < 4.78 is 1.06. The molecule has 5 heteroatoms. The quantitative estimate of drug-likeness (QED) is 0.644. The lowest BCUT2D eigenvalue weighted by Gasteiger charge is -1.99. The molecule has 4 nitrogen and oxygen atoms in total. The van der Waals surface area contributed by atoms with Gasteiger partial charge in [0.15, 0.2) is 0 Å². The van der Waals surface area contributed by atoms with Gasteiger partial charge in [-0.25, -0.2) is 0 Å². The van der Waals surface area contributed by atoms with Gasteiger partial charge in [0, 0.05) is 32.7 Å². The highest BCUT2D eigenvalue weighted by atomic mass is 79.9. The lowest BCUT2D eigenvalue weighted by atomic mass is 10.1. The highest BCUT2D eigenvalue weighted by molar-refractivity contribution is 9.10. The number of halogens is 1. The summed E-state index contributed by atoms with van der Waals surface area (Å²) in [7, 11) is 0. The molecular weight excluding hydrogens is 280 g/mol. The predicted molar refractivity (Wildman–Crippen MR) is 72.7 cm³/mol. The van der Waals surface area contributed by atoms with Crippen LogP contribution in [0.3, 0.4) is 0 Å². The van der Waals surface area contributed by atoms with Gasteiger partial charge < -0.3 is 10.7 Å². The number of aromatic nitrogens is 3. The zero-order valence-corrected chi connectivity index (χ0v) is 10.8. The number of H-pyrrole nitrogens is 2. The van der Waals surface area contributed by atoms with E-state index in [4.69, 9.17) is 5.73 Å². The van der Waals surface area contributed by atoms with E-state index >= 15 is 0 Å². The Morgan fingerprint density at radius 3 is 2.88 bits per heavy atom. The van der Waals surface area contributed by atoms with Gasteiger partial charge in [0.05, 0.1) is 5.69 Å². The fourth-order valence-electron chi connectivity index (χ4n) is 2.14.